The Morgan fingerprint density at radius 2 is 2.19 bits per heavy atom. The second-order valence-corrected chi connectivity index (χ2v) is 10.5. The van der Waals surface area contributed by atoms with Crippen molar-refractivity contribution in [1.29, 1.82) is 0 Å². The van der Waals surface area contributed by atoms with Crippen molar-refractivity contribution in [2.24, 2.45) is 5.92 Å². The van der Waals surface area contributed by atoms with Crippen molar-refractivity contribution >= 4 is 46.3 Å². The van der Waals surface area contributed by atoms with Gasteiger partial charge < -0.3 is 9.73 Å². The van der Waals surface area contributed by atoms with Gasteiger partial charge in [-0.3, -0.25) is 14.5 Å². The molecule has 0 saturated heterocycles. The molecule has 2 aromatic heterocycles. The molecule has 1 N–H and O–H groups in total. The second-order valence-electron chi connectivity index (χ2n) is 8.03. The molecular formula is C22H22N4O3S2. The molecule has 1 aliphatic heterocycles. The number of hydrogen-bond donors (Lipinski definition) is 1. The van der Waals surface area contributed by atoms with Gasteiger partial charge in [0, 0.05) is 4.88 Å². The number of nitrogens with one attached hydrogen (secondary N) is 1. The molecule has 2 amide bonds. The van der Waals surface area contributed by atoms with Crippen LogP contribution in [0.1, 0.15) is 30.7 Å². The van der Waals surface area contributed by atoms with Gasteiger partial charge in [0.2, 0.25) is 11.8 Å². The highest BCUT2D eigenvalue weighted by Gasteiger charge is 2.31. The van der Waals surface area contributed by atoms with Crippen molar-refractivity contribution in [2.75, 3.05) is 16.8 Å². The molecule has 7 nitrogen and oxygen atoms in total. The lowest BCUT2D eigenvalue weighted by Gasteiger charge is -2.30. The number of carbonyl (C=O) groups is 2. The number of thiophene rings is 1. The molecule has 1 aliphatic carbocycles. The number of rotatable bonds is 4. The van der Waals surface area contributed by atoms with E-state index in [4.69, 9.17) is 4.42 Å². The third-order valence-electron chi connectivity index (χ3n) is 5.61. The lowest BCUT2D eigenvalue weighted by molar-refractivity contribution is -0.121. The summed E-state index contributed by atoms with van der Waals surface area (Å²) in [5.74, 6) is 0.822. The van der Waals surface area contributed by atoms with Crippen LogP contribution in [0.5, 0.6) is 0 Å². The fraction of sp³-hybridized carbons (Fsp3) is 0.364. The normalized spacial score (nSPS) is 18.8. The van der Waals surface area contributed by atoms with Crippen molar-refractivity contribution < 1.29 is 14.0 Å². The second kappa shape index (κ2) is 8.12. The van der Waals surface area contributed by atoms with E-state index in [1.54, 1.807) is 24.3 Å². The number of hydrogen-bond acceptors (Lipinski definition) is 7. The van der Waals surface area contributed by atoms with Crippen molar-refractivity contribution in [1.82, 2.24) is 10.2 Å². The molecule has 2 aliphatic rings. The first-order valence-corrected chi connectivity index (χ1v) is 12.0. The van der Waals surface area contributed by atoms with Crippen LogP contribution in [0.2, 0.25) is 0 Å². The minimum absolute atomic E-state index is 0.00496. The van der Waals surface area contributed by atoms with Gasteiger partial charge in [-0.25, -0.2) is 0 Å². The molecule has 0 unspecified atom stereocenters. The van der Waals surface area contributed by atoms with Gasteiger partial charge in [0.1, 0.15) is 6.54 Å². The van der Waals surface area contributed by atoms with E-state index in [-0.39, 0.29) is 18.4 Å². The van der Waals surface area contributed by atoms with Gasteiger partial charge in [-0.05, 0) is 55.9 Å². The van der Waals surface area contributed by atoms with Crippen LogP contribution in [-0.4, -0.2) is 33.8 Å². The molecule has 0 radical (unpaired) electrons. The molecular weight excluding hydrogens is 432 g/mol. The molecule has 31 heavy (non-hydrogen) atoms. The van der Waals surface area contributed by atoms with Crippen LogP contribution in [0.4, 0.5) is 11.4 Å². The number of fused-ring (bicyclic) bond motifs is 2. The molecule has 0 spiro atoms. The number of thioether (sulfide) groups is 1. The summed E-state index contributed by atoms with van der Waals surface area (Å²) in [6, 6.07) is 9.45. The molecule has 0 saturated carbocycles. The Morgan fingerprint density at radius 3 is 3.06 bits per heavy atom. The third-order valence-corrected chi connectivity index (χ3v) is 7.76. The van der Waals surface area contributed by atoms with Crippen molar-refractivity contribution in [3.8, 4) is 10.8 Å². The number of aromatic nitrogens is 2. The van der Waals surface area contributed by atoms with Crippen LogP contribution in [-0.2, 0) is 22.4 Å². The van der Waals surface area contributed by atoms with Crippen LogP contribution < -0.4 is 10.2 Å². The van der Waals surface area contributed by atoms with Crippen LogP contribution in [0.3, 0.4) is 0 Å². The van der Waals surface area contributed by atoms with E-state index in [0.717, 1.165) is 17.7 Å². The van der Waals surface area contributed by atoms with Gasteiger partial charge in [-0.2, -0.15) is 0 Å². The summed E-state index contributed by atoms with van der Waals surface area (Å²) in [4.78, 5) is 29.0. The molecule has 1 aromatic carbocycles. The van der Waals surface area contributed by atoms with Gasteiger partial charge in [-0.1, -0.05) is 30.8 Å². The lowest BCUT2D eigenvalue weighted by Crippen LogP contribution is -2.45. The zero-order valence-corrected chi connectivity index (χ0v) is 18.9. The first-order valence-electron chi connectivity index (χ1n) is 10.3. The van der Waals surface area contributed by atoms with Gasteiger partial charge in [0.05, 0.1) is 21.5 Å². The Morgan fingerprint density at radius 1 is 1.35 bits per heavy atom. The summed E-state index contributed by atoms with van der Waals surface area (Å²) in [7, 11) is 0. The maximum Gasteiger partial charge on any atom is 0.277 e. The fourth-order valence-electron chi connectivity index (χ4n) is 4.02. The number of amides is 2. The molecule has 9 heteroatoms. The van der Waals surface area contributed by atoms with Crippen LogP contribution >= 0.6 is 23.1 Å². The third kappa shape index (κ3) is 3.99. The first kappa shape index (κ1) is 20.3. The zero-order valence-electron chi connectivity index (χ0n) is 17.3. The van der Waals surface area contributed by atoms with Crippen molar-refractivity contribution in [2.45, 2.75) is 43.6 Å². The minimum atomic E-state index is -0.482. The highest BCUT2D eigenvalue weighted by atomic mass is 32.2. The molecule has 5 rings (SSSR count). The van der Waals surface area contributed by atoms with Gasteiger partial charge in [-0.15, -0.1) is 21.5 Å². The maximum atomic E-state index is 13.1. The number of anilines is 2. The summed E-state index contributed by atoms with van der Waals surface area (Å²) in [6.07, 6.45) is 3.42. The molecule has 0 bridgehead atoms. The van der Waals surface area contributed by atoms with Gasteiger partial charge in [0.25, 0.3) is 11.1 Å². The van der Waals surface area contributed by atoms with E-state index in [1.165, 1.54) is 33.5 Å². The molecule has 3 heterocycles. The van der Waals surface area contributed by atoms with E-state index in [9.17, 15) is 9.59 Å². The Balaban J connectivity index is 1.31. The Labute approximate surface area is 188 Å². The van der Waals surface area contributed by atoms with Gasteiger partial charge in [0.15, 0.2) is 0 Å². The number of nitrogens with zero attached hydrogens (tertiary/aromatic N) is 3. The highest BCUT2D eigenvalue weighted by Crippen LogP contribution is 2.38. The Kier molecular flexibility index (Phi) is 5.31. The predicted molar refractivity (Wildman–Crippen MR) is 122 cm³/mol. The summed E-state index contributed by atoms with van der Waals surface area (Å²) in [5.41, 5.74) is 2.72. The molecule has 0 fully saturated rings. The standard InChI is InChI=1S/C22H22N4O3S2/c1-12-7-8-17-14(9-12)10-18(31-17)20-24-25-22(29-20)30-13(2)21(28)26-11-19(27)23-15-5-3-4-6-16(15)26/h3-6,10,12-13H,7-9,11H2,1-2H3,(H,23,27)/t12-,13-/m1/s1. The van der Waals surface area contributed by atoms with E-state index in [2.05, 4.69) is 28.5 Å². The van der Waals surface area contributed by atoms with Gasteiger partial charge >= 0.3 is 0 Å². The first-order chi connectivity index (χ1) is 15.0. The van der Waals surface area contributed by atoms with Crippen LogP contribution in [0.15, 0.2) is 40.0 Å². The van der Waals surface area contributed by atoms with Crippen LogP contribution in [0, 0.1) is 5.92 Å². The van der Waals surface area contributed by atoms with Crippen molar-refractivity contribution in [3.63, 3.8) is 0 Å². The number of aryl methyl sites for hydroxylation is 1. The molecule has 160 valence electrons. The summed E-state index contributed by atoms with van der Waals surface area (Å²) in [5, 5.41) is 11.0. The lowest BCUT2D eigenvalue weighted by atomic mass is 9.90. The fourth-order valence-corrected chi connectivity index (χ4v) is 5.89. The summed E-state index contributed by atoms with van der Waals surface area (Å²) in [6.45, 7) is 4.07. The summed E-state index contributed by atoms with van der Waals surface area (Å²) < 4.78 is 5.87. The maximum absolute atomic E-state index is 13.1. The van der Waals surface area contributed by atoms with E-state index < -0.39 is 5.25 Å². The predicted octanol–water partition coefficient (Wildman–Crippen LogP) is 4.39. The highest BCUT2D eigenvalue weighted by molar-refractivity contribution is 8.00. The molecule has 2 atom stereocenters. The zero-order chi connectivity index (χ0) is 21.5. The quantitative estimate of drug-likeness (QED) is 0.588. The Bertz CT molecular complexity index is 1160. The smallest absolute Gasteiger partial charge is 0.277 e. The van der Waals surface area contributed by atoms with E-state index in [1.807, 2.05) is 18.2 Å². The monoisotopic (exact) mass is 454 g/mol. The van der Waals surface area contributed by atoms with E-state index in [0.29, 0.717) is 28.4 Å². The SMILES string of the molecule is C[C@@H]1CCc2sc(-c3nnc(S[C@H](C)C(=O)N4CC(=O)Nc5ccccc54)o3)cc2C1. The average Bonchev–Trinajstić information content (AvgIpc) is 3.39. The number of carbonyl (C=O) groups excluding carboxylic acids is 2. The van der Waals surface area contributed by atoms with Crippen LogP contribution in [0.25, 0.3) is 10.8 Å². The summed E-state index contributed by atoms with van der Waals surface area (Å²) >= 11 is 2.93. The number of benzene rings is 1. The van der Waals surface area contributed by atoms with Crippen molar-refractivity contribution in [3.05, 3.63) is 40.8 Å². The topological polar surface area (TPSA) is 88.3 Å². The average molecular weight is 455 g/mol. The minimum Gasteiger partial charge on any atom is -0.410 e. The van der Waals surface area contributed by atoms with E-state index >= 15 is 0 Å². The number of para-hydroxylation sites is 2. The largest absolute Gasteiger partial charge is 0.410 e. The molecule has 3 aromatic rings. The Hall–Kier alpha value is -2.65.